The fourth-order valence-electron chi connectivity index (χ4n) is 3.02. The molecule has 5 heteroatoms. The van der Waals surface area contributed by atoms with Crippen LogP contribution in [0, 0.1) is 0 Å². The van der Waals surface area contributed by atoms with E-state index in [1.54, 1.807) is 0 Å². The third kappa shape index (κ3) is 4.94. The first kappa shape index (κ1) is 16.7. The van der Waals surface area contributed by atoms with E-state index < -0.39 is 5.54 Å². The lowest BCUT2D eigenvalue weighted by Crippen LogP contribution is -2.54. The summed E-state index contributed by atoms with van der Waals surface area (Å²) < 4.78 is 5.65. The van der Waals surface area contributed by atoms with Gasteiger partial charge in [0.1, 0.15) is 0 Å². The van der Waals surface area contributed by atoms with Gasteiger partial charge in [-0.15, -0.1) is 0 Å². The van der Waals surface area contributed by atoms with Gasteiger partial charge >= 0.3 is 0 Å². The third-order valence-corrected chi connectivity index (χ3v) is 4.75. The number of amides is 1. The molecule has 3 unspecified atom stereocenters. The summed E-state index contributed by atoms with van der Waals surface area (Å²) in [6, 6.07) is 0.996. The van der Waals surface area contributed by atoms with E-state index in [9.17, 15) is 4.79 Å². The summed E-state index contributed by atoms with van der Waals surface area (Å²) in [6.07, 6.45) is 5.63. The molecular formula is C16H31N3O2. The molecule has 2 fully saturated rings. The van der Waals surface area contributed by atoms with Crippen LogP contribution in [0.5, 0.6) is 0 Å². The first-order valence-electron chi connectivity index (χ1n) is 8.34. The lowest BCUT2D eigenvalue weighted by molar-refractivity contribution is -0.124. The fraction of sp³-hybridized carbons (Fsp3) is 0.938. The molecule has 1 saturated carbocycles. The number of morpholine rings is 1. The van der Waals surface area contributed by atoms with Crippen LogP contribution < -0.4 is 11.1 Å². The van der Waals surface area contributed by atoms with E-state index in [0.717, 1.165) is 39.0 Å². The van der Waals surface area contributed by atoms with Crippen LogP contribution >= 0.6 is 0 Å². The van der Waals surface area contributed by atoms with Crippen LogP contribution in [0.3, 0.4) is 0 Å². The summed E-state index contributed by atoms with van der Waals surface area (Å²) in [4.78, 5) is 14.2. The van der Waals surface area contributed by atoms with Gasteiger partial charge in [0.05, 0.1) is 18.2 Å². The van der Waals surface area contributed by atoms with Gasteiger partial charge in [-0.2, -0.15) is 0 Å². The average Bonchev–Trinajstić information content (AvgIpc) is 3.22. The molecule has 1 heterocycles. The van der Waals surface area contributed by atoms with Gasteiger partial charge < -0.3 is 15.8 Å². The zero-order chi connectivity index (χ0) is 15.5. The predicted octanol–water partition coefficient (Wildman–Crippen LogP) is 1.26. The predicted molar refractivity (Wildman–Crippen MR) is 84.1 cm³/mol. The molecule has 0 aromatic carbocycles. The van der Waals surface area contributed by atoms with Gasteiger partial charge in [-0.25, -0.2) is 0 Å². The van der Waals surface area contributed by atoms with Crippen molar-refractivity contribution in [3.8, 4) is 0 Å². The van der Waals surface area contributed by atoms with Crippen molar-refractivity contribution in [3.05, 3.63) is 0 Å². The molecule has 1 amide bonds. The number of carbonyl (C=O) groups excluding carboxylic acids is 1. The Balaban J connectivity index is 1.70. The molecule has 0 radical (unpaired) electrons. The van der Waals surface area contributed by atoms with Crippen molar-refractivity contribution in [2.75, 3.05) is 19.7 Å². The van der Waals surface area contributed by atoms with Gasteiger partial charge in [0, 0.05) is 18.6 Å². The first-order chi connectivity index (χ1) is 9.90. The Bertz CT molecular complexity index is 359. The van der Waals surface area contributed by atoms with Crippen molar-refractivity contribution >= 4 is 5.91 Å². The summed E-state index contributed by atoms with van der Waals surface area (Å²) in [7, 11) is 0. The number of nitrogens with one attached hydrogen (secondary N) is 1. The second-order valence-electron chi connectivity index (χ2n) is 7.06. The highest BCUT2D eigenvalue weighted by Gasteiger charge is 2.36. The quantitative estimate of drug-likeness (QED) is 0.662. The fourth-order valence-corrected chi connectivity index (χ4v) is 3.02. The SMILES string of the molecule is CC1CN(CCCCC(C)(NC2CC2)C(N)=O)C(C)CO1. The van der Waals surface area contributed by atoms with Crippen molar-refractivity contribution in [3.63, 3.8) is 0 Å². The molecule has 1 aliphatic heterocycles. The van der Waals surface area contributed by atoms with Crippen molar-refractivity contribution in [1.82, 2.24) is 10.2 Å². The highest BCUT2D eigenvalue weighted by Crippen LogP contribution is 2.25. The number of hydrogen-bond acceptors (Lipinski definition) is 4. The van der Waals surface area contributed by atoms with E-state index in [-0.39, 0.29) is 5.91 Å². The van der Waals surface area contributed by atoms with E-state index in [1.165, 1.54) is 12.8 Å². The summed E-state index contributed by atoms with van der Waals surface area (Å²) >= 11 is 0. The van der Waals surface area contributed by atoms with Crippen LogP contribution in [0.1, 0.15) is 52.9 Å². The van der Waals surface area contributed by atoms with Crippen molar-refractivity contribution < 1.29 is 9.53 Å². The van der Waals surface area contributed by atoms with Crippen molar-refractivity contribution in [2.24, 2.45) is 5.73 Å². The van der Waals surface area contributed by atoms with Crippen molar-refractivity contribution in [1.29, 1.82) is 0 Å². The van der Waals surface area contributed by atoms with Crippen LogP contribution in [0.15, 0.2) is 0 Å². The van der Waals surface area contributed by atoms with Crippen LogP contribution in [-0.4, -0.2) is 54.2 Å². The maximum atomic E-state index is 11.7. The molecule has 1 aliphatic carbocycles. The zero-order valence-electron chi connectivity index (χ0n) is 13.7. The number of nitrogens with two attached hydrogens (primary N) is 1. The van der Waals surface area contributed by atoms with E-state index in [0.29, 0.717) is 18.2 Å². The Kier molecular flexibility index (Phi) is 5.63. The lowest BCUT2D eigenvalue weighted by Gasteiger charge is -2.37. The Hall–Kier alpha value is -0.650. The van der Waals surface area contributed by atoms with E-state index in [1.807, 2.05) is 6.92 Å². The first-order valence-corrected chi connectivity index (χ1v) is 8.34. The lowest BCUT2D eigenvalue weighted by atomic mass is 9.93. The highest BCUT2D eigenvalue weighted by atomic mass is 16.5. The number of nitrogens with zero attached hydrogens (tertiary/aromatic N) is 1. The van der Waals surface area contributed by atoms with E-state index in [2.05, 4.69) is 24.1 Å². The number of unbranched alkanes of at least 4 members (excludes halogenated alkanes) is 1. The maximum Gasteiger partial charge on any atom is 0.237 e. The van der Waals surface area contributed by atoms with Crippen LogP contribution in [0.4, 0.5) is 0 Å². The Morgan fingerprint density at radius 1 is 1.38 bits per heavy atom. The molecule has 0 aromatic heterocycles. The largest absolute Gasteiger partial charge is 0.376 e. The molecule has 0 bridgehead atoms. The van der Waals surface area contributed by atoms with Crippen molar-refractivity contribution in [2.45, 2.75) is 76.6 Å². The number of primary amides is 1. The van der Waals surface area contributed by atoms with Gasteiger partial charge in [0.15, 0.2) is 0 Å². The molecular weight excluding hydrogens is 266 g/mol. The molecule has 0 spiro atoms. The van der Waals surface area contributed by atoms with Crippen LogP contribution in [0.2, 0.25) is 0 Å². The molecule has 5 nitrogen and oxygen atoms in total. The molecule has 1 saturated heterocycles. The highest BCUT2D eigenvalue weighted by molar-refractivity contribution is 5.84. The number of rotatable bonds is 8. The Labute approximate surface area is 128 Å². The monoisotopic (exact) mass is 297 g/mol. The van der Waals surface area contributed by atoms with E-state index >= 15 is 0 Å². The average molecular weight is 297 g/mol. The standard InChI is InChI=1S/C16H31N3O2/c1-12-11-21-13(2)10-19(12)9-5-4-8-16(3,15(17)20)18-14-6-7-14/h12-14,18H,4-11H2,1-3H3,(H2,17,20). The maximum absolute atomic E-state index is 11.7. The Morgan fingerprint density at radius 2 is 2.10 bits per heavy atom. The van der Waals surface area contributed by atoms with Gasteiger partial charge in [-0.05, 0) is 59.4 Å². The summed E-state index contributed by atoms with van der Waals surface area (Å²) in [5.74, 6) is -0.220. The Morgan fingerprint density at radius 3 is 2.71 bits per heavy atom. The normalized spacial score (nSPS) is 30.0. The number of carbonyl (C=O) groups is 1. The molecule has 3 atom stereocenters. The van der Waals surface area contributed by atoms with Gasteiger partial charge in [0.2, 0.25) is 5.91 Å². The second kappa shape index (κ2) is 7.07. The minimum absolute atomic E-state index is 0.220. The molecule has 122 valence electrons. The van der Waals surface area contributed by atoms with Crippen LogP contribution in [0.25, 0.3) is 0 Å². The summed E-state index contributed by atoms with van der Waals surface area (Å²) in [5.41, 5.74) is 5.05. The topological polar surface area (TPSA) is 67.6 Å². The molecule has 3 N–H and O–H groups in total. The third-order valence-electron chi connectivity index (χ3n) is 4.75. The molecule has 0 aromatic rings. The van der Waals surface area contributed by atoms with Gasteiger partial charge in [-0.3, -0.25) is 9.69 Å². The number of hydrogen-bond donors (Lipinski definition) is 2. The van der Waals surface area contributed by atoms with E-state index in [4.69, 9.17) is 10.5 Å². The summed E-state index contributed by atoms with van der Waals surface area (Å²) in [6.45, 7) is 9.20. The molecule has 21 heavy (non-hydrogen) atoms. The minimum atomic E-state index is -0.537. The zero-order valence-corrected chi connectivity index (χ0v) is 13.7. The van der Waals surface area contributed by atoms with Crippen LogP contribution in [-0.2, 0) is 9.53 Å². The van der Waals surface area contributed by atoms with Gasteiger partial charge in [0.25, 0.3) is 0 Å². The smallest absolute Gasteiger partial charge is 0.237 e. The summed E-state index contributed by atoms with van der Waals surface area (Å²) in [5, 5.41) is 3.41. The molecule has 2 aliphatic rings. The minimum Gasteiger partial charge on any atom is -0.376 e. The number of ether oxygens (including phenoxy) is 1. The second-order valence-corrected chi connectivity index (χ2v) is 7.06. The van der Waals surface area contributed by atoms with Gasteiger partial charge in [-0.1, -0.05) is 0 Å². The molecule has 2 rings (SSSR count).